The molecule has 152 valence electrons. The Bertz CT molecular complexity index is 1080. The molecular weight excluding hydrogens is 382 g/mol. The van der Waals surface area contributed by atoms with Crippen LogP contribution in [0.15, 0.2) is 65.8 Å². The first-order valence-corrected chi connectivity index (χ1v) is 11.5. The molecule has 3 aromatic rings. The van der Waals surface area contributed by atoms with Gasteiger partial charge in [-0.2, -0.15) is 4.31 Å². The Hall–Kier alpha value is -2.44. The molecule has 5 nitrogen and oxygen atoms in total. The summed E-state index contributed by atoms with van der Waals surface area (Å²) < 4.78 is 30.0. The maximum Gasteiger partial charge on any atom is 0.243 e. The Balaban J connectivity index is 1.44. The third-order valence-electron chi connectivity index (χ3n) is 5.72. The third-order valence-corrected chi connectivity index (χ3v) is 7.78. The van der Waals surface area contributed by atoms with Crippen LogP contribution in [0, 0.1) is 19.8 Å². The van der Waals surface area contributed by atoms with Crippen molar-refractivity contribution in [2.24, 2.45) is 5.92 Å². The van der Waals surface area contributed by atoms with Crippen LogP contribution in [0.25, 0.3) is 11.4 Å². The van der Waals surface area contributed by atoms with Gasteiger partial charge in [0.05, 0.1) is 4.90 Å². The quantitative estimate of drug-likeness (QED) is 0.632. The van der Waals surface area contributed by atoms with Crippen LogP contribution in [0.3, 0.4) is 0 Å². The van der Waals surface area contributed by atoms with Crippen LogP contribution in [0.5, 0.6) is 0 Å². The fourth-order valence-electron chi connectivity index (χ4n) is 4.14. The second-order valence-electron chi connectivity index (χ2n) is 7.89. The predicted octanol–water partition coefficient (Wildman–Crippen LogP) is 4.27. The van der Waals surface area contributed by atoms with E-state index in [-0.39, 0.29) is 0 Å². The molecule has 2 aromatic carbocycles. The van der Waals surface area contributed by atoms with Crippen LogP contribution in [0.4, 0.5) is 0 Å². The number of benzene rings is 2. The zero-order valence-electron chi connectivity index (χ0n) is 17.0. The van der Waals surface area contributed by atoms with Crippen molar-refractivity contribution >= 4 is 10.0 Å². The molecule has 0 amide bonds. The van der Waals surface area contributed by atoms with E-state index in [0.717, 1.165) is 41.9 Å². The van der Waals surface area contributed by atoms with Crippen molar-refractivity contribution in [2.75, 3.05) is 13.1 Å². The van der Waals surface area contributed by atoms with E-state index < -0.39 is 10.0 Å². The highest BCUT2D eigenvalue weighted by molar-refractivity contribution is 7.89. The first-order valence-electron chi connectivity index (χ1n) is 10.1. The lowest BCUT2D eigenvalue weighted by atomic mass is 9.98. The van der Waals surface area contributed by atoms with E-state index in [1.165, 1.54) is 0 Å². The molecule has 0 aliphatic carbocycles. The van der Waals surface area contributed by atoms with Crippen molar-refractivity contribution in [2.45, 2.75) is 38.1 Å². The zero-order chi connectivity index (χ0) is 20.4. The summed E-state index contributed by atoms with van der Waals surface area (Å²) in [6.07, 6.45) is 5.57. The number of piperidine rings is 1. The number of hydrogen-bond donors (Lipinski definition) is 0. The third kappa shape index (κ3) is 4.14. The molecule has 0 unspecified atom stereocenters. The minimum absolute atomic E-state index is 0.433. The monoisotopic (exact) mass is 409 g/mol. The largest absolute Gasteiger partial charge is 0.331 e. The Kier molecular flexibility index (Phi) is 5.56. The summed E-state index contributed by atoms with van der Waals surface area (Å²) in [6.45, 7) is 5.85. The van der Waals surface area contributed by atoms with Gasteiger partial charge < -0.3 is 4.57 Å². The molecule has 0 radical (unpaired) electrons. The van der Waals surface area contributed by atoms with Crippen molar-refractivity contribution in [3.63, 3.8) is 0 Å². The Morgan fingerprint density at radius 1 is 1.03 bits per heavy atom. The number of hydrogen-bond acceptors (Lipinski definition) is 3. The van der Waals surface area contributed by atoms with Gasteiger partial charge in [-0.1, -0.05) is 48.0 Å². The summed E-state index contributed by atoms with van der Waals surface area (Å²) in [4.78, 5) is 4.95. The fraction of sp³-hybridized carbons (Fsp3) is 0.348. The molecule has 0 N–H and O–H groups in total. The lowest BCUT2D eigenvalue weighted by Gasteiger charge is -2.32. The van der Waals surface area contributed by atoms with Gasteiger partial charge in [0.1, 0.15) is 5.82 Å². The van der Waals surface area contributed by atoms with Crippen molar-refractivity contribution in [3.05, 3.63) is 72.1 Å². The van der Waals surface area contributed by atoms with E-state index in [9.17, 15) is 8.42 Å². The lowest BCUT2D eigenvalue weighted by molar-refractivity contribution is 0.253. The van der Waals surface area contributed by atoms with Crippen molar-refractivity contribution in [1.29, 1.82) is 0 Å². The minimum atomic E-state index is -3.43. The Morgan fingerprint density at radius 3 is 2.45 bits per heavy atom. The lowest BCUT2D eigenvalue weighted by Crippen LogP contribution is -2.39. The smallest absolute Gasteiger partial charge is 0.243 e. The highest BCUT2D eigenvalue weighted by Gasteiger charge is 2.30. The summed E-state index contributed by atoms with van der Waals surface area (Å²) in [7, 11) is -3.43. The van der Waals surface area contributed by atoms with Crippen LogP contribution >= 0.6 is 0 Å². The number of nitrogens with zero attached hydrogens (tertiary/aromatic N) is 3. The van der Waals surface area contributed by atoms with E-state index in [4.69, 9.17) is 0 Å². The molecule has 0 saturated carbocycles. The first kappa shape index (κ1) is 19.9. The van der Waals surface area contributed by atoms with E-state index in [0.29, 0.717) is 23.9 Å². The normalized spacial score (nSPS) is 16.2. The standard InChI is InChI=1S/C23H27N3O2S/c1-18-8-9-22(19(2)16-18)29(27,28)26-13-10-20(11-14-26)17-25-15-12-24-23(25)21-6-4-3-5-7-21/h3-9,12,15-16,20H,10-11,13-14,17H2,1-2H3. The molecule has 2 heterocycles. The number of sulfonamides is 1. The van der Waals surface area contributed by atoms with Gasteiger partial charge in [0.25, 0.3) is 0 Å². The molecule has 29 heavy (non-hydrogen) atoms. The van der Waals surface area contributed by atoms with Gasteiger partial charge in [0.2, 0.25) is 10.0 Å². The van der Waals surface area contributed by atoms with Crippen molar-refractivity contribution in [3.8, 4) is 11.4 Å². The molecule has 1 aliphatic rings. The van der Waals surface area contributed by atoms with Crippen molar-refractivity contribution < 1.29 is 8.42 Å². The molecule has 1 fully saturated rings. The van der Waals surface area contributed by atoms with Gasteiger partial charge in [-0.05, 0) is 44.2 Å². The summed E-state index contributed by atoms with van der Waals surface area (Å²) in [5.41, 5.74) is 3.00. The second-order valence-corrected chi connectivity index (χ2v) is 9.79. The van der Waals surface area contributed by atoms with E-state index in [1.807, 2.05) is 56.6 Å². The summed E-state index contributed by atoms with van der Waals surface area (Å²) in [6, 6.07) is 15.7. The average molecular weight is 410 g/mol. The molecule has 6 heteroatoms. The summed E-state index contributed by atoms with van der Waals surface area (Å²) in [5.74, 6) is 1.41. The van der Waals surface area contributed by atoms with Gasteiger partial charge in [-0.15, -0.1) is 0 Å². The fourth-order valence-corrected chi connectivity index (χ4v) is 5.82. The number of aryl methyl sites for hydroxylation is 2. The second kappa shape index (κ2) is 8.13. The highest BCUT2D eigenvalue weighted by Crippen LogP contribution is 2.28. The highest BCUT2D eigenvalue weighted by atomic mass is 32.2. The average Bonchev–Trinajstić information content (AvgIpc) is 3.17. The van der Waals surface area contributed by atoms with Gasteiger partial charge in [-0.25, -0.2) is 13.4 Å². The Labute approximate surface area is 173 Å². The first-order chi connectivity index (χ1) is 13.9. The molecular formula is C23H27N3O2S. The van der Waals surface area contributed by atoms with Gasteiger partial charge >= 0.3 is 0 Å². The molecule has 1 aromatic heterocycles. The molecule has 1 aliphatic heterocycles. The van der Waals surface area contributed by atoms with E-state index in [2.05, 4.69) is 21.7 Å². The van der Waals surface area contributed by atoms with Crippen LogP contribution in [0.2, 0.25) is 0 Å². The molecule has 4 rings (SSSR count). The Morgan fingerprint density at radius 2 is 1.76 bits per heavy atom. The van der Waals surface area contributed by atoms with Crippen molar-refractivity contribution in [1.82, 2.24) is 13.9 Å². The van der Waals surface area contributed by atoms with Gasteiger partial charge in [0, 0.05) is 37.6 Å². The molecule has 0 atom stereocenters. The molecule has 0 bridgehead atoms. The number of aromatic nitrogens is 2. The van der Waals surface area contributed by atoms with E-state index in [1.54, 1.807) is 10.4 Å². The SMILES string of the molecule is Cc1ccc(S(=O)(=O)N2CCC(Cn3ccnc3-c3ccccc3)CC2)c(C)c1. The van der Waals surface area contributed by atoms with Crippen LogP contribution in [0.1, 0.15) is 24.0 Å². The number of imidazole rings is 1. The van der Waals surface area contributed by atoms with Gasteiger partial charge in [0.15, 0.2) is 0 Å². The maximum atomic E-state index is 13.1. The predicted molar refractivity (Wildman–Crippen MR) is 115 cm³/mol. The molecule has 1 saturated heterocycles. The summed E-state index contributed by atoms with van der Waals surface area (Å²) in [5, 5.41) is 0. The molecule has 0 spiro atoms. The minimum Gasteiger partial charge on any atom is -0.331 e. The zero-order valence-corrected chi connectivity index (χ0v) is 17.8. The topological polar surface area (TPSA) is 55.2 Å². The summed E-state index contributed by atoms with van der Waals surface area (Å²) >= 11 is 0. The number of rotatable bonds is 5. The van der Waals surface area contributed by atoms with Gasteiger partial charge in [-0.3, -0.25) is 0 Å². The van der Waals surface area contributed by atoms with Crippen LogP contribution < -0.4 is 0 Å². The van der Waals surface area contributed by atoms with Crippen LogP contribution in [-0.2, 0) is 16.6 Å². The van der Waals surface area contributed by atoms with E-state index >= 15 is 0 Å². The van der Waals surface area contributed by atoms with Crippen LogP contribution in [-0.4, -0.2) is 35.4 Å². The maximum absolute atomic E-state index is 13.1.